The molecule has 0 saturated heterocycles. The van der Waals surface area contributed by atoms with Crippen LogP contribution in [-0.4, -0.2) is 17.1 Å². The van der Waals surface area contributed by atoms with Gasteiger partial charge in [-0.3, -0.25) is 0 Å². The van der Waals surface area contributed by atoms with E-state index < -0.39 is 0 Å². The third kappa shape index (κ3) is 2.53. The Bertz CT molecular complexity index is 429. The van der Waals surface area contributed by atoms with Gasteiger partial charge in [-0.2, -0.15) is 0 Å². The highest BCUT2D eigenvalue weighted by Gasteiger charge is 1.98. The molecule has 15 heavy (non-hydrogen) atoms. The summed E-state index contributed by atoms with van der Waals surface area (Å²) in [5.74, 6) is 0.879. The van der Waals surface area contributed by atoms with Crippen LogP contribution >= 0.6 is 0 Å². The Morgan fingerprint density at radius 1 is 1.13 bits per heavy atom. The van der Waals surface area contributed by atoms with Gasteiger partial charge in [0.2, 0.25) is 0 Å². The van der Waals surface area contributed by atoms with Gasteiger partial charge in [0.25, 0.3) is 0 Å². The van der Waals surface area contributed by atoms with Crippen molar-refractivity contribution in [1.82, 2.24) is 9.97 Å². The number of nitrogens with zero attached hydrogens (tertiary/aromatic N) is 2. The van der Waals surface area contributed by atoms with E-state index in [0.29, 0.717) is 0 Å². The number of aromatic nitrogens is 2. The molecule has 0 aliphatic carbocycles. The monoisotopic (exact) mass is 200 g/mol. The molecule has 0 saturated carbocycles. The molecule has 0 atom stereocenters. The molecule has 0 radical (unpaired) electrons. The van der Waals surface area contributed by atoms with E-state index in [0.717, 1.165) is 17.7 Å². The van der Waals surface area contributed by atoms with Gasteiger partial charge < -0.3 is 4.74 Å². The topological polar surface area (TPSA) is 35.0 Å². The van der Waals surface area contributed by atoms with Crippen LogP contribution in [0.25, 0.3) is 0 Å². The number of ether oxygens (including phenoxy) is 1. The molecule has 1 heterocycles. The number of rotatable bonds is 3. The Hall–Kier alpha value is -1.90. The van der Waals surface area contributed by atoms with Gasteiger partial charge in [-0.15, -0.1) is 0 Å². The lowest BCUT2D eigenvalue weighted by Gasteiger charge is -2.03. The van der Waals surface area contributed by atoms with Gasteiger partial charge in [-0.1, -0.05) is 12.1 Å². The van der Waals surface area contributed by atoms with Gasteiger partial charge in [-0.05, 0) is 23.3 Å². The summed E-state index contributed by atoms with van der Waals surface area (Å²) in [4.78, 5) is 7.96. The van der Waals surface area contributed by atoms with Gasteiger partial charge in [0.15, 0.2) is 0 Å². The fourth-order valence-electron chi connectivity index (χ4n) is 1.44. The maximum Gasteiger partial charge on any atom is 0.119 e. The van der Waals surface area contributed by atoms with Crippen molar-refractivity contribution in [3.63, 3.8) is 0 Å². The molecule has 0 fully saturated rings. The van der Waals surface area contributed by atoms with Crippen LogP contribution in [0.3, 0.4) is 0 Å². The molecule has 0 N–H and O–H groups in total. The van der Waals surface area contributed by atoms with Crippen molar-refractivity contribution in [2.75, 3.05) is 7.11 Å². The summed E-state index contributed by atoms with van der Waals surface area (Å²) in [5.41, 5.74) is 2.30. The molecule has 0 aliphatic heterocycles. The van der Waals surface area contributed by atoms with Gasteiger partial charge in [-0.25, -0.2) is 9.97 Å². The number of benzene rings is 1. The second-order valence-corrected chi connectivity index (χ2v) is 3.28. The number of hydrogen-bond acceptors (Lipinski definition) is 3. The second-order valence-electron chi connectivity index (χ2n) is 3.28. The van der Waals surface area contributed by atoms with E-state index >= 15 is 0 Å². The lowest BCUT2D eigenvalue weighted by molar-refractivity contribution is 0.414. The van der Waals surface area contributed by atoms with Crippen LogP contribution < -0.4 is 4.74 Å². The fraction of sp³-hybridized carbons (Fsp3) is 0.167. The minimum absolute atomic E-state index is 0.831. The first kappa shape index (κ1) is 9.65. The third-order valence-electron chi connectivity index (χ3n) is 2.16. The van der Waals surface area contributed by atoms with Gasteiger partial charge in [0.1, 0.15) is 12.1 Å². The van der Waals surface area contributed by atoms with Crippen LogP contribution in [-0.2, 0) is 6.42 Å². The fourth-order valence-corrected chi connectivity index (χ4v) is 1.44. The van der Waals surface area contributed by atoms with Crippen LogP contribution in [0.5, 0.6) is 5.75 Å². The minimum Gasteiger partial charge on any atom is -0.497 e. The Labute approximate surface area is 88.8 Å². The summed E-state index contributed by atoms with van der Waals surface area (Å²) in [6, 6.07) is 8.01. The van der Waals surface area contributed by atoms with E-state index in [1.807, 2.05) is 30.6 Å². The molecule has 1 aromatic heterocycles. The summed E-state index contributed by atoms with van der Waals surface area (Å²) in [7, 11) is 1.67. The van der Waals surface area contributed by atoms with Crippen LogP contribution in [0, 0.1) is 0 Å². The first-order chi connectivity index (χ1) is 7.38. The predicted molar refractivity (Wildman–Crippen MR) is 57.8 cm³/mol. The summed E-state index contributed by atoms with van der Waals surface area (Å²) >= 11 is 0. The first-order valence-corrected chi connectivity index (χ1v) is 4.75. The lowest BCUT2D eigenvalue weighted by Crippen LogP contribution is -1.91. The standard InChI is InChI=1S/C12H12N2O/c1-15-12-4-2-3-10(6-12)5-11-7-13-9-14-8-11/h2-4,6-9H,5H2,1H3. The summed E-state index contributed by atoms with van der Waals surface area (Å²) < 4.78 is 5.16. The van der Waals surface area contributed by atoms with E-state index in [-0.39, 0.29) is 0 Å². The van der Waals surface area contributed by atoms with Crippen LogP contribution in [0.1, 0.15) is 11.1 Å². The lowest BCUT2D eigenvalue weighted by atomic mass is 10.1. The van der Waals surface area contributed by atoms with Crippen LogP contribution in [0.2, 0.25) is 0 Å². The molecule has 2 aromatic rings. The Morgan fingerprint density at radius 2 is 1.93 bits per heavy atom. The molecule has 0 unspecified atom stereocenters. The molecule has 3 heteroatoms. The quantitative estimate of drug-likeness (QED) is 0.760. The van der Waals surface area contributed by atoms with Gasteiger partial charge >= 0.3 is 0 Å². The highest BCUT2D eigenvalue weighted by atomic mass is 16.5. The number of hydrogen-bond donors (Lipinski definition) is 0. The molecule has 3 nitrogen and oxygen atoms in total. The zero-order valence-electron chi connectivity index (χ0n) is 8.55. The largest absolute Gasteiger partial charge is 0.497 e. The highest BCUT2D eigenvalue weighted by molar-refractivity contribution is 5.31. The summed E-state index contributed by atoms with van der Waals surface area (Å²) in [5, 5.41) is 0. The SMILES string of the molecule is COc1cccc(Cc2cncnc2)c1. The van der Waals surface area contributed by atoms with Crippen LogP contribution in [0.4, 0.5) is 0 Å². The molecule has 0 aliphatic rings. The van der Waals surface area contributed by atoms with E-state index in [9.17, 15) is 0 Å². The summed E-state index contributed by atoms with van der Waals surface area (Å²) in [6.45, 7) is 0. The van der Waals surface area contributed by atoms with Crippen molar-refractivity contribution >= 4 is 0 Å². The van der Waals surface area contributed by atoms with Crippen LogP contribution in [0.15, 0.2) is 43.0 Å². The molecule has 0 spiro atoms. The smallest absolute Gasteiger partial charge is 0.119 e. The van der Waals surface area contributed by atoms with Gasteiger partial charge in [0.05, 0.1) is 7.11 Å². The van der Waals surface area contributed by atoms with E-state index in [1.54, 1.807) is 7.11 Å². The van der Waals surface area contributed by atoms with Gasteiger partial charge in [0, 0.05) is 18.8 Å². The molecule has 2 rings (SSSR count). The zero-order valence-corrected chi connectivity index (χ0v) is 8.55. The van der Waals surface area contributed by atoms with Crippen molar-refractivity contribution in [2.45, 2.75) is 6.42 Å². The molecule has 0 bridgehead atoms. The van der Waals surface area contributed by atoms with Crippen molar-refractivity contribution in [3.8, 4) is 5.75 Å². The van der Waals surface area contributed by atoms with E-state index in [1.165, 1.54) is 11.9 Å². The predicted octanol–water partition coefficient (Wildman–Crippen LogP) is 2.08. The molecular weight excluding hydrogens is 188 g/mol. The zero-order chi connectivity index (χ0) is 10.5. The maximum atomic E-state index is 5.16. The van der Waals surface area contributed by atoms with Crippen molar-refractivity contribution < 1.29 is 4.74 Å². The van der Waals surface area contributed by atoms with Crippen molar-refractivity contribution in [1.29, 1.82) is 0 Å². The minimum atomic E-state index is 0.831. The second kappa shape index (κ2) is 4.55. The van der Waals surface area contributed by atoms with Crippen molar-refractivity contribution in [2.24, 2.45) is 0 Å². The Balaban J connectivity index is 2.17. The molecule has 0 amide bonds. The van der Waals surface area contributed by atoms with E-state index in [4.69, 9.17) is 4.74 Å². The molecular formula is C12H12N2O. The van der Waals surface area contributed by atoms with E-state index in [2.05, 4.69) is 16.0 Å². The highest BCUT2D eigenvalue weighted by Crippen LogP contribution is 2.15. The normalized spacial score (nSPS) is 9.93. The number of methoxy groups -OCH3 is 1. The maximum absolute atomic E-state index is 5.16. The average Bonchev–Trinajstić information content (AvgIpc) is 2.31. The Kier molecular flexibility index (Phi) is 2.93. The molecule has 76 valence electrons. The first-order valence-electron chi connectivity index (χ1n) is 4.75. The average molecular weight is 200 g/mol. The Morgan fingerprint density at radius 3 is 2.67 bits per heavy atom. The third-order valence-corrected chi connectivity index (χ3v) is 2.16. The summed E-state index contributed by atoms with van der Waals surface area (Å²) in [6.07, 6.45) is 6.02. The van der Waals surface area contributed by atoms with Crippen molar-refractivity contribution in [3.05, 3.63) is 54.1 Å². The molecule has 1 aromatic carbocycles.